The second-order valence-electron chi connectivity index (χ2n) is 11.9. The lowest BCUT2D eigenvalue weighted by molar-refractivity contribution is -0.137. The van der Waals surface area contributed by atoms with E-state index in [4.69, 9.17) is 4.74 Å². The molecule has 0 saturated carbocycles. The number of fused-ring (bicyclic) bond motifs is 1. The maximum Gasteiger partial charge on any atom is 0.417 e. The molecule has 17 heteroatoms. The SMILES string of the molecule is C/C=C/C(=O)NCC(=O)N1CCN(Cc2cc3c(N4CC5(COC5)C4)nc(-c4cnc(NC(=O)OC)cc4C(F)(F)F)nn3c2)CC1. The van der Waals surface area contributed by atoms with Gasteiger partial charge < -0.3 is 24.6 Å². The number of rotatable bonds is 8. The number of aromatic nitrogens is 4. The molecular formula is C30H34F3N9O5. The zero-order valence-corrected chi connectivity index (χ0v) is 25.8. The van der Waals surface area contributed by atoms with Crippen molar-refractivity contribution in [1.82, 2.24) is 34.7 Å². The Bertz CT molecular complexity index is 1710. The van der Waals surface area contributed by atoms with Gasteiger partial charge in [0.1, 0.15) is 11.3 Å². The number of hydrogen-bond donors (Lipinski definition) is 2. The highest BCUT2D eigenvalue weighted by Crippen LogP contribution is 2.42. The number of anilines is 2. The molecule has 3 aliphatic heterocycles. The molecule has 3 fully saturated rings. The summed E-state index contributed by atoms with van der Waals surface area (Å²) in [4.78, 5) is 50.3. The zero-order valence-electron chi connectivity index (χ0n) is 25.8. The number of alkyl halides is 3. The number of halogens is 3. The average molecular weight is 658 g/mol. The summed E-state index contributed by atoms with van der Waals surface area (Å²) in [7, 11) is 1.09. The van der Waals surface area contributed by atoms with Gasteiger partial charge in [0.05, 0.1) is 43.4 Å². The quantitative estimate of drug-likeness (QED) is 0.346. The number of piperazine rings is 1. The molecule has 3 amide bonds. The molecule has 250 valence electrons. The van der Waals surface area contributed by atoms with E-state index in [-0.39, 0.29) is 41.0 Å². The number of methoxy groups -OCH3 is 1. The van der Waals surface area contributed by atoms with Crippen molar-refractivity contribution in [2.75, 3.05) is 76.4 Å². The number of nitrogens with zero attached hydrogens (tertiary/aromatic N) is 7. The monoisotopic (exact) mass is 657 g/mol. The maximum atomic E-state index is 14.3. The number of allylic oxidation sites excluding steroid dienone is 1. The Morgan fingerprint density at radius 2 is 1.87 bits per heavy atom. The van der Waals surface area contributed by atoms with E-state index < -0.39 is 17.8 Å². The van der Waals surface area contributed by atoms with E-state index in [0.29, 0.717) is 70.4 Å². The number of hydrogen-bond acceptors (Lipinski definition) is 10. The second-order valence-corrected chi connectivity index (χ2v) is 11.9. The Kier molecular flexibility index (Phi) is 8.76. The Balaban J connectivity index is 1.24. The summed E-state index contributed by atoms with van der Waals surface area (Å²) in [5, 5.41) is 9.23. The molecule has 3 aliphatic rings. The fraction of sp³-hybridized carbons (Fsp3) is 0.467. The van der Waals surface area contributed by atoms with Crippen LogP contribution in [0.15, 0.2) is 36.7 Å². The molecule has 47 heavy (non-hydrogen) atoms. The first-order chi connectivity index (χ1) is 22.5. The van der Waals surface area contributed by atoms with Gasteiger partial charge in [0, 0.05) is 58.2 Å². The molecule has 3 aromatic heterocycles. The van der Waals surface area contributed by atoms with Crippen LogP contribution in [-0.4, -0.2) is 113 Å². The molecule has 0 aromatic carbocycles. The highest BCUT2D eigenvalue weighted by Gasteiger charge is 2.50. The van der Waals surface area contributed by atoms with E-state index in [9.17, 15) is 27.6 Å². The third-order valence-corrected chi connectivity index (χ3v) is 8.40. The van der Waals surface area contributed by atoms with Crippen LogP contribution in [0.3, 0.4) is 0 Å². The van der Waals surface area contributed by atoms with Gasteiger partial charge in [-0.1, -0.05) is 6.08 Å². The van der Waals surface area contributed by atoms with Crippen molar-refractivity contribution in [2.45, 2.75) is 19.6 Å². The van der Waals surface area contributed by atoms with Gasteiger partial charge in [-0.3, -0.25) is 19.8 Å². The van der Waals surface area contributed by atoms with E-state index in [1.54, 1.807) is 28.6 Å². The average Bonchev–Trinajstić information content (AvgIpc) is 3.41. The molecule has 1 spiro atoms. The lowest BCUT2D eigenvalue weighted by Gasteiger charge is -2.55. The molecular weight excluding hydrogens is 623 g/mol. The Morgan fingerprint density at radius 3 is 2.51 bits per heavy atom. The van der Waals surface area contributed by atoms with E-state index in [1.807, 2.05) is 11.0 Å². The summed E-state index contributed by atoms with van der Waals surface area (Å²) in [5.41, 5.74) is 0.151. The normalized spacial score (nSPS) is 17.9. The van der Waals surface area contributed by atoms with Crippen molar-refractivity contribution < 1.29 is 37.0 Å². The summed E-state index contributed by atoms with van der Waals surface area (Å²) < 4.78 is 54.3. The zero-order chi connectivity index (χ0) is 33.3. The van der Waals surface area contributed by atoms with Gasteiger partial charge in [0.2, 0.25) is 11.8 Å². The first kappa shape index (κ1) is 32.2. The van der Waals surface area contributed by atoms with Crippen molar-refractivity contribution >= 4 is 35.1 Å². The van der Waals surface area contributed by atoms with E-state index >= 15 is 0 Å². The molecule has 0 aliphatic carbocycles. The standard InChI is InChI=1S/C30H34F3N9O5/c1-3-4-24(43)35-12-25(44)40-7-5-39(6-8-40)13-19-9-22-27(41-15-29(16-41)17-47-18-29)37-26(38-42(22)14-19)20-11-34-23(36-28(45)46-2)10-21(20)30(31,32)33/h3-4,9-11,14H,5-8,12-13,15-18H2,1-2H3,(H,35,43)(H,34,36,45)/b4-3+. The van der Waals surface area contributed by atoms with Gasteiger partial charge in [0.25, 0.3) is 0 Å². The fourth-order valence-electron chi connectivity index (χ4n) is 5.95. The van der Waals surface area contributed by atoms with Crippen molar-refractivity contribution in [2.24, 2.45) is 5.41 Å². The fourth-order valence-corrected chi connectivity index (χ4v) is 5.95. The first-order valence-corrected chi connectivity index (χ1v) is 15.0. The molecule has 0 unspecified atom stereocenters. The Labute approximate surface area is 267 Å². The summed E-state index contributed by atoms with van der Waals surface area (Å²) in [6.45, 7) is 6.91. The van der Waals surface area contributed by atoms with Crippen LogP contribution >= 0.6 is 0 Å². The maximum absolute atomic E-state index is 14.3. The van der Waals surface area contributed by atoms with Gasteiger partial charge in [-0.15, -0.1) is 5.10 Å². The number of amides is 3. The summed E-state index contributed by atoms with van der Waals surface area (Å²) in [5.74, 6) is -0.473. The van der Waals surface area contributed by atoms with Crippen LogP contribution < -0.4 is 15.5 Å². The minimum atomic E-state index is -4.79. The molecule has 3 aromatic rings. The van der Waals surface area contributed by atoms with Crippen LogP contribution in [0, 0.1) is 5.41 Å². The summed E-state index contributed by atoms with van der Waals surface area (Å²) in [6.07, 6.45) is -0.0195. The summed E-state index contributed by atoms with van der Waals surface area (Å²) >= 11 is 0. The van der Waals surface area contributed by atoms with Crippen LogP contribution in [0.5, 0.6) is 0 Å². The molecule has 14 nitrogen and oxygen atoms in total. The number of pyridine rings is 1. The second kappa shape index (κ2) is 12.8. The van der Waals surface area contributed by atoms with Crippen LogP contribution in [-0.2, 0) is 31.8 Å². The lowest BCUT2D eigenvalue weighted by atomic mass is 9.78. The Morgan fingerprint density at radius 1 is 1.13 bits per heavy atom. The molecule has 0 radical (unpaired) electrons. The number of ether oxygens (including phenoxy) is 2. The number of carbonyl (C=O) groups is 3. The van der Waals surface area contributed by atoms with Crippen molar-refractivity contribution in [3.63, 3.8) is 0 Å². The first-order valence-electron chi connectivity index (χ1n) is 15.0. The van der Waals surface area contributed by atoms with Gasteiger partial charge >= 0.3 is 12.3 Å². The molecule has 3 saturated heterocycles. The third-order valence-electron chi connectivity index (χ3n) is 8.40. The number of carbonyl (C=O) groups excluding carboxylic acids is 3. The third kappa shape index (κ3) is 6.85. The predicted octanol–water partition coefficient (Wildman–Crippen LogP) is 2.16. The van der Waals surface area contributed by atoms with Gasteiger partial charge in [0.15, 0.2) is 11.6 Å². The summed E-state index contributed by atoms with van der Waals surface area (Å²) in [6, 6.07) is 2.66. The van der Waals surface area contributed by atoms with Crippen molar-refractivity contribution in [3.8, 4) is 11.4 Å². The van der Waals surface area contributed by atoms with Gasteiger partial charge in [-0.25, -0.2) is 19.3 Å². The predicted molar refractivity (Wildman–Crippen MR) is 162 cm³/mol. The van der Waals surface area contributed by atoms with Gasteiger partial charge in [-0.2, -0.15) is 13.2 Å². The smallest absolute Gasteiger partial charge is 0.417 e. The lowest BCUT2D eigenvalue weighted by Crippen LogP contribution is -2.66. The van der Waals surface area contributed by atoms with E-state index in [0.717, 1.165) is 24.9 Å². The highest BCUT2D eigenvalue weighted by atomic mass is 19.4. The topological polar surface area (TPSA) is 147 Å². The molecule has 6 heterocycles. The van der Waals surface area contributed by atoms with E-state index in [2.05, 4.69) is 35.3 Å². The van der Waals surface area contributed by atoms with Crippen LogP contribution in [0.2, 0.25) is 0 Å². The van der Waals surface area contributed by atoms with Crippen LogP contribution in [0.25, 0.3) is 16.9 Å². The molecule has 0 atom stereocenters. The Hall–Kier alpha value is -4.77. The number of nitrogens with one attached hydrogen (secondary N) is 2. The van der Waals surface area contributed by atoms with Gasteiger partial charge in [-0.05, 0) is 30.7 Å². The van der Waals surface area contributed by atoms with E-state index in [1.165, 1.54) is 6.08 Å². The highest BCUT2D eigenvalue weighted by molar-refractivity contribution is 5.91. The molecule has 6 rings (SSSR count). The minimum Gasteiger partial charge on any atom is -0.453 e. The van der Waals surface area contributed by atoms with Crippen LogP contribution in [0.1, 0.15) is 18.1 Å². The van der Waals surface area contributed by atoms with Crippen molar-refractivity contribution in [3.05, 3.63) is 47.8 Å². The van der Waals surface area contributed by atoms with Crippen LogP contribution in [0.4, 0.5) is 29.6 Å². The largest absolute Gasteiger partial charge is 0.453 e. The van der Waals surface area contributed by atoms with Crippen molar-refractivity contribution in [1.29, 1.82) is 0 Å². The molecule has 0 bridgehead atoms. The molecule has 2 N–H and O–H groups in total. The minimum absolute atomic E-state index is 0.0179.